The summed E-state index contributed by atoms with van der Waals surface area (Å²) in [6, 6.07) is 1.91. The summed E-state index contributed by atoms with van der Waals surface area (Å²) in [5, 5.41) is 3.85. The number of halogens is 1. The van der Waals surface area contributed by atoms with E-state index in [1.165, 1.54) is 0 Å². The minimum Gasteiger partial charge on any atom is -0.360 e. The molecule has 0 saturated carbocycles. The van der Waals surface area contributed by atoms with Crippen LogP contribution in [0.4, 0.5) is 0 Å². The number of hydrogen-bond donors (Lipinski definition) is 0. The summed E-state index contributed by atoms with van der Waals surface area (Å²) in [4.78, 5) is 2.17. The third-order valence-corrected chi connectivity index (χ3v) is 5.54. The Morgan fingerprint density at radius 1 is 1.35 bits per heavy atom. The number of hydrogen-bond acceptors (Lipinski definition) is 5. The van der Waals surface area contributed by atoms with Gasteiger partial charge in [-0.3, -0.25) is 4.90 Å². The molecule has 1 saturated heterocycles. The first-order valence-electron chi connectivity index (χ1n) is 6.69. The van der Waals surface area contributed by atoms with Crippen molar-refractivity contribution >= 4 is 21.6 Å². The van der Waals surface area contributed by atoms with Gasteiger partial charge in [-0.15, -0.1) is 11.6 Å². The van der Waals surface area contributed by atoms with Gasteiger partial charge in [0.15, 0.2) is 5.76 Å². The highest BCUT2D eigenvalue weighted by molar-refractivity contribution is 7.89. The van der Waals surface area contributed by atoms with Crippen molar-refractivity contribution in [3.63, 3.8) is 0 Å². The number of alkyl halides is 1. The third-order valence-electron chi connectivity index (χ3n) is 3.32. The zero-order valence-corrected chi connectivity index (χ0v) is 13.2. The van der Waals surface area contributed by atoms with Crippen molar-refractivity contribution in [1.82, 2.24) is 14.4 Å². The Labute approximate surface area is 124 Å². The van der Waals surface area contributed by atoms with Gasteiger partial charge in [-0.05, 0) is 13.3 Å². The van der Waals surface area contributed by atoms with Crippen LogP contribution in [0.5, 0.6) is 0 Å². The molecule has 0 radical (unpaired) electrons. The van der Waals surface area contributed by atoms with Gasteiger partial charge in [0.1, 0.15) is 0 Å². The van der Waals surface area contributed by atoms with Crippen LogP contribution in [0.2, 0.25) is 0 Å². The van der Waals surface area contributed by atoms with Gasteiger partial charge in [-0.1, -0.05) is 5.16 Å². The first-order chi connectivity index (χ1) is 9.51. The van der Waals surface area contributed by atoms with E-state index in [1.807, 2.05) is 13.0 Å². The molecule has 0 N–H and O–H groups in total. The first-order valence-corrected chi connectivity index (χ1v) is 8.84. The number of piperazine rings is 1. The molecule has 0 amide bonds. The van der Waals surface area contributed by atoms with Gasteiger partial charge in [-0.25, -0.2) is 8.42 Å². The molecule has 0 bridgehead atoms. The van der Waals surface area contributed by atoms with Gasteiger partial charge in [0.05, 0.1) is 18.0 Å². The van der Waals surface area contributed by atoms with Crippen LogP contribution in [-0.2, 0) is 16.6 Å². The molecule has 2 rings (SSSR count). The predicted octanol–water partition coefficient (Wildman–Crippen LogP) is 1.06. The van der Waals surface area contributed by atoms with E-state index in [0.29, 0.717) is 45.0 Å². The lowest BCUT2D eigenvalue weighted by atomic mass is 10.3. The molecule has 20 heavy (non-hydrogen) atoms. The number of sulfonamides is 1. The summed E-state index contributed by atoms with van der Waals surface area (Å²) in [7, 11) is -3.15. The van der Waals surface area contributed by atoms with E-state index in [1.54, 1.807) is 4.31 Å². The molecule has 6 nitrogen and oxygen atoms in total. The summed E-state index contributed by atoms with van der Waals surface area (Å²) in [6.07, 6.45) is 0.501. The van der Waals surface area contributed by atoms with Crippen LogP contribution < -0.4 is 0 Å². The summed E-state index contributed by atoms with van der Waals surface area (Å²) in [6.45, 7) is 5.03. The second-order valence-electron chi connectivity index (χ2n) is 4.97. The maximum atomic E-state index is 12.0. The van der Waals surface area contributed by atoms with Gasteiger partial charge in [0.25, 0.3) is 0 Å². The van der Waals surface area contributed by atoms with E-state index < -0.39 is 10.0 Å². The van der Waals surface area contributed by atoms with Crippen LogP contribution in [0, 0.1) is 6.92 Å². The van der Waals surface area contributed by atoms with E-state index in [2.05, 4.69) is 10.1 Å². The average molecular weight is 322 g/mol. The van der Waals surface area contributed by atoms with E-state index in [9.17, 15) is 8.42 Å². The number of aromatic nitrogens is 1. The Hall–Kier alpha value is -0.630. The number of rotatable bonds is 6. The molecule has 1 aliphatic heterocycles. The van der Waals surface area contributed by atoms with Crippen molar-refractivity contribution < 1.29 is 12.9 Å². The molecule has 0 spiro atoms. The van der Waals surface area contributed by atoms with E-state index in [0.717, 1.165) is 11.5 Å². The topological polar surface area (TPSA) is 66.7 Å². The average Bonchev–Trinajstić information content (AvgIpc) is 2.82. The summed E-state index contributed by atoms with van der Waals surface area (Å²) >= 11 is 5.55. The van der Waals surface area contributed by atoms with Crippen LogP contribution in [0.15, 0.2) is 10.6 Å². The molecule has 1 aromatic rings. The molecule has 2 heterocycles. The Morgan fingerprint density at radius 3 is 2.60 bits per heavy atom. The molecule has 1 aromatic heterocycles. The van der Waals surface area contributed by atoms with E-state index >= 15 is 0 Å². The minimum absolute atomic E-state index is 0.137. The lowest BCUT2D eigenvalue weighted by Gasteiger charge is -2.33. The zero-order valence-electron chi connectivity index (χ0n) is 11.6. The van der Waals surface area contributed by atoms with Crippen molar-refractivity contribution in [3.8, 4) is 0 Å². The van der Waals surface area contributed by atoms with Crippen molar-refractivity contribution in [2.75, 3.05) is 37.8 Å². The highest BCUT2D eigenvalue weighted by Crippen LogP contribution is 2.13. The predicted molar refractivity (Wildman–Crippen MR) is 77.2 cm³/mol. The fourth-order valence-corrected chi connectivity index (χ4v) is 4.02. The third kappa shape index (κ3) is 4.18. The quantitative estimate of drug-likeness (QED) is 0.733. The molecule has 114 valence electrons. The van der Waals surface area contributed by atoms with Crippen molar-refractivity contribution in [2.24, 2.45) is 0 Å². The molecule has 0 aromatic carbocycles. The molecule has 0 unspecified atom stereocenters. The fraction of sp³-hybridized carbons (Fsp3) is 0.750. The van der Waals surface area contributed by atoms with Crippen LogP contribution >= 0.6 is 11.6 Å². The van der Waals surface area contributed by atoms with Crippen LogP contribution in [0.25, 0.3) is 0 Å². The first kappa shape index (κ1) is 15.8. The van der Waals surface area contributed by atoms with Crippen molar-refractivity contribution in [1.29, 1.82) is 0 Å². The lowest BCUT2D eigenvalue weighted by molar-refractivity contribution is 0.166. The van der Waals surface area contributed by atoms with E-state index in [4.69, 9.17) is 16.1 Å². The largest absolute Gasteiger partial charge is 0.360 e. The zero-order chi connectivity index (χ0) is 14.6. The van der Waals surface area contributed by atoms with E-state index in [-0.39, 0.29) is 5.75 Å². The van der Waals surface area contributed by atoms with Crippen molar-refractivity contribution in [3.05, 3.63) is 17.5 Å². The van der Waals surface area contributed by atoms with Crippen LogP contribution in [-0.4, -0.2) is 60.6 Å². The Balaban J connectivity index is 1.83. The Kier molecular flexibility index (Phi) is 5.42. The smallest absolute Gasteiger partial charge is 0.214 e. The SMILES string of the molecule is Cc1cc(CN2CCN(S(=O)(=O)CCCCl)CC2)on1. The minimum atomic E-state index is -3.15. The standard InChI is InChI=1S/C12H20ClN3O3S/c1-11-9-12(19-14-11)10-15-4-6-16(7-5-15)20(17,18)8-2-3-13/h9H,2-8,10H2,1H3. The number of nitrogens with zero attached hydrogens (tertiary/aromatic N) is 3. The van der Waals surface area contributed by atoms with Gasteiger partial charge >= 0.3 is 0 Å². The maximum Gasteiger partial charge on any atom is 0.214 e. The highest BCUT2D eigenvalue weighted by Gasteiger charge is 2.26. The lowest BCUT2D eigenvalue weighted by Crippen LogP contribution is -2.48. The molecule has 0 atom stereocenters. The van der Waals surface area contributed by atoms with Crippen LogP contribution in [0.1, 0.15) is 17.9 Å². The second-order valence-corrected chi connectivity index (χ2v) is 7.43. The van der Waals surface area contributed by atoms with Gasteiger partial charge < -0.3 is 4.52 Å². The van der Waals surface area contributed by atoms with Gasteiger partial charge in [-0.2, -0.15) is 4.31 Å². The second kappa shape index (κ2) is 6.89. The molecular formula is C12H20ClN3O3S. The van der Waals surface area contributed by atoms with Gasteiger partial charge in [0, 0.05) is 38.1 Å². The van der Waals surface area contributed by atoms with Gasteiger partial charge in [0.2, 0.25) is 10.0 Å². The Morgan fingerprint density at radius 2 is 2.05 bits per heavy atom. The monoisotopic (exact) mass is 321 g/mol. The molecule has 1 aliphatic rings. The number of aryl methyl sites for hydroxylation is 1. The Bertz CT molecular complexity index is 524. The highest BCUT2D eigenvalue weighted by atomic mass is 35.5. The summed E-state index contributed by atoms with van der Waals surface area (Å²) in [5.74, 6) is 1.34. The summed E-state index contributed by atoms with van der Waals surface area (Å²) < 4.78 is 30.8. The van der Waals surface area contributed by atoms with Crippen LogP contribution in [0.3, 0.4) is 0 Å². The summed E-state index contributed by atoms with van der Waals surface area (Å²) in [5.41, 5.74) is 0.863. The van der Waals surface area contributed by atoms with Crippen molar-refractivity contribution in [2.45, 2.75) is 19.9 Å². The molecule has 1 fully saturated rings. The molecule has 8 heteroatoms. The fourth-order valence-electron chi connectivity index (χ4n) is 2.24. The maximum absolute atomic E-state index is 12.0. The molecular weight excluding hydrogens is 302 g/mol. The molecule has 0 aliphatic carbocycles. The normalized spacial score (nSPS) is 18.5.